The second kappa shape index (κ2) is 7.25. The zero-order chi connectivity index (χ0) is 17.8. The first-order valence-corrected chi connectivity index (χ1v) is 8.06. The summed E-state index contributed by atoms with van der Waals surface area (Å²) in [4.78, 5) is 12.4. The molecule has 1 amide bonds. The molecule has 0 aliphatic heterocycles. The number of amides is 1. The number of nitrogens with zero attached hydrogens (tertiary/aromatic N) is 5. The third kappa shape index (κ3) is 3.90. The van der Waals surface area contributed by atoms with Crippen LogP contribution in [0.4, 0.5) is 10.2 Å². The number of benzene rings is 1. The zero-order valence-corrected chi connectivity index (χ0v) is 14.1. The normalized spacial score (nSPS) is 12.1. The van der Waals surface area contributed by atoms with Crippen molar-refractivity contribution >= 4 is 11.7 Å². The van der Waals surface area contributed by atoms with Gasteiger partial charge in [-0.15, -0.1) is 5.10 Å². The van der Waals surface area contributed by atoms with E-state index in [4.69, 9.17) is 0 Å². The van der Waals surface area contributed by atoms with Crippen LogP contribution in [0, 0.1) is 5.82 Å². The Hall–Kier alpha value is -3.03. The van der Waals surface area contributed by atoms with E-state index >= 15 is 0 Å². The number of aromatic nitrogens is 5. The van der Waals surface area contributed by atoms with Gasteiger partial charge in [-0.05, 0) is 31.0 Å². The molecule has 0 fully saturated rings. The van der Waals surface area contributed by atoms with Crippen LogP contribution < -0.4 is 5.32 Å². The smallest absolute Gasteiger partial charge is 0.278 e. The van der Waals surface area contributed by atoms with Gasteiger partial charge in [0.25, 0.3) is 5.91 Å². The van der Waals surface area contributed by atoms with Crippen molar-refractivity contribution in [2.24, 2.45) is 0 Å². The van der Waals surface area contributed by atoms with E-state index in [2.05, 4.69) is 27.7 Å². The van der Waals surface area contributed by atoms with Gasteiger partial charge in [-0.25, -0.2) is 13.8 Å². The van der Waals surface area contributed by atoms with E-state index in [1.165, 1.54) is 23.0 Å². The molecular formula is C17H19FN6O. The van der Waals surface area contributed by atoms with Crippen molar-refractivity contribution in [1.29, 1.82) is 0 Å². The predicted molar refractivity (Wildman–Crippen MR) is 90.7 cm³/mol. The quantitative estimate of drug-likeness (QED) is 0.747. The van der Waals surface area contributed by atoms with E-state index in [1.54, 1.807) is 29.1 Å². The summed E-state index contributed by atoms with van der Waals surface area (Å²) in [6, 6.07) is 8.13. The molecule has 1 N–H and O–H groups in total. The van der Waals surface area contributed by atoms with E-state index in [1.807, 2.05) is 6.92 Å². The van der Waals surface area contributed by atoms with Crippen molar-refractivity contribution in [1.82, 2.24) is 24.8 Å². The van der Waals surface area contributed by atoms with E-state index in [0.717, 1.165) is 12.0 Å². The predicted octanol–water partition coefficient (Wildman–Crippen LogP) is 2.89. The number of hydrogen-bond acceptors (Lipinski definition) is 4. The van der Waals surface area contributed by atoms with E-state index in [9.17, 15) is 9.18 Å². The Morgan fingerprint density at radius 3 is 2.96 bits per heavy atom. The van der Waals surface area contributed by atoms with Gasteiger partial charge in [-0.1, -0.05) is 24.3 Å². The lowest BCUT2D eigenvalue weighted by Gasteiger charge is -2.13. The highest BCUT2D eigenvalue weighted by molar-refractivity contribution is 6.02. The SMILES string of the molecule is CC[C@H](C)n1nccc1NC(=O)c1cn(Cc2cccc(F)c2)nn1. The van der Waals surface area contributed by atoms with Gasteiger partial charge in [0, 0.05) is 6.07 Å². The summed E-state index contributed by atoms with van der Waals surface area (Å²) < 4.78 is 16.5. The molecule has 3 aromatic rings. The van der Waals surface area contributed by atoms with Gasteiger partial charge in [-0.3, -0.25) is 4.79 Å². The van der Waals surface area contributed by atoms with Gasteiger partial charge in [0.05, 0.1) is 25.0 Å². The van der Waals surface area contributed by atoms with Crippen molar-refractivity contribution < 1.29 is 9.18 Å². The minimum atomic E-state index is -0.365. The second-order valence-corrected chi connectivity index (χ2v) is 5.80. The van der Waals surface area contributed by atoms with Crippen molar-refractivity contribution in [3.05, 3.63) is 59.8 Å². The Balaban J connectivity index is 1.70. The molecule has 1 atom stereocenters. The Morgan fingerprint density at radius 2 is 2.20 bits per heavy atom. The average molecular weight is 342 g/mol. The molecule has 0 saturated carbocycles. The lowest BCUT2D eigenvalue weighted by Crippen LogP contribution is -2.17. The molecule has 1 aromatic carbocycles. The summed E-state index contributed by atoms with van der Waals surface area (Å²) in [6.45, 7) is 4.41. The highest BCUT2D eigenvalue weighted by Gasteiger charge is 2.15. The van der Waals surface area contributed by atoms with Gasteiger partial charge in [0.2, 0.25) is 0 Å². The molecule has 130 valence electrons. The van der Waals surface area contributed by atoms with Crippen molar-refractivity contribution in [3.8, 4) is 0 Å². The fourth-order valence-corrected chi connectivity index (χ4v) is 2.42. The Bertz CT molecular complexity index is 871. The van der Waals surface area contributed by atoms with Crippen LogP contribution in [0.25, 0.3) is 0 Å². The molecule has 2 aromatic heterocycles. The third-order valence-corrected chi connectivity index (χ3v) is 3.93. The molecule has 2 heterocycles. The molecule has 3 rings (SSSR count). The first kappa shape index (κ1) is 16.8. The number of carbonyl (C=O) groups excluding carboxylic acids is 1. The summed E-state index contributed by atoms with van der Waals surface area (Å²) in [5.41, 5.74) is 0.931. The van der Waals surface area contributed by atoms with Crippen LogP contribution in [0.3, 0.4) is 0 Å². The van der Waals surface area contributed by atoms with Gasteiger partial charge < -0.3 is 5.32 Å². The minimum Gasteiger partial charge on any atom is -0.305 e. The molecule has 0 unspecified atom stereocenters. The number of hydrogen-bond donors (Lipinski definition) is 1. The summed E-state index contributed by atoms with van der Waals surface area (Å²) >= 11 is 0. The van der Waals surface area contributed by atoms with E-state index in [0.29, 0.717) is 12.4 Å². The lowest BCUT2D eigenvalue weighted by atomic mass is 10.2. The summed E-state index contributed by atoms with van der Waals surface area (Å²) in [6.07, 6.45) is 4.07. The maximum absolute atomic E-state index is 13.2. The molecule has 25 heavy (non-hydrogen) atoms. The van der Waals surface area contributed by atoms with Crippen LogP contribution in [-0.4, -0.2) is 30.7 Å². The highest BCUT2D eigenvalue weighted by Crippen LogP contribution is 2.17. The van der Waals surface area contributed by atoms with E-state index in [-0.39, 0.29) is 23.5 Å². The van der Waals surface area contributed by atoms with Crippen LogP contribution >= 0.6 is 0 Å². The topological polar surface area (TPSA) is 77.6 Å². The number of nitrogens with one attached hydrogen (secondary N) is 1. The summed E-state index contributed by atoms with van der Waals surface area (Å²) in [5.74, 6) is -0.0662. The van der Waals surface area contributed by atoms with Crippen molar-refractivity contribution in [3.63, 3.8) is 0 Å². The Kier molecular flexibility index (Phi) is 4.87. The zero-order valence-electron chi connectivity index (χ0n) is 14.1. The van der Waals surface area contributed by atoms with Crippen LogP contribution in [-0.2, 0) is 6.54 Å². The molecular weight excluding hydrogens is 323 g/mol. The third-order valence-electron chi connectivity index (χ3n) is 3.93. The second-order valence-electron chi connectivity index (χ2n) is 5.80. The van der Waals surface area contributed by atoms with Crippen LogP contribution in [0.5, 0.6) is 0 Å². The maximum atomic E-state index is 13.2. The van der Waals surface area contributed by atoms with Gasteiger partial charge in [0.1, 0.15) is 11.6 Å². The van der Waals surface area contributed by atoms with Gasteiger partial charge >= 0.3 is 0 Å². The molecule has 0 aliphatic carbocycles. The first-order valence-electron chi connectivity index (χ1n) is 8.06. The fraction of sp³-hybridized carbons (Fsp3) is 0.294. The molecule has 7 nitrogen and oxygen atoms in total. The Labute approximate surface area is 144 Å². The number of rotatable bonds is 6. The lowest BCUT2D eigenvalue weighted by molar-refractivity contribution is 0.102. The van der Waals surface area contributed by atoms with Crippen molar-refractivity contribution in [2.75, 3.05) is 5.32 Å². The molecule has 0 aliphatic rings. The first-order chi connectivity index (χ1) is 12.1. The van der Waals surface area contributed by atoms with Crippen LogP contribution in [0.2, 0.25) is 0 Å². The van der Waals surface area contributed by atoms with Crippen LogP contribution in [0.1, 0.15) is 42.4 Å². The molecule has 0 saturated heterocycles. The summed E-state index contributed by atoms with van der Waals surface area (Å²) in [7, 11) is 0. The van der Waals surface area contributed by atoms with Gasteiger partial charge in [0.15, 0.2) is 5.69 Å². The summed E-state index contributed by atoms with van der Waals surface area (Å²) in [5, 5.41) is 14.8. The molecule has 0 radical (unpaired) electrons. The Morgan fingerprint density at radius 1 is 1.36 bits per heavy atom. The number of carbonyl (C=O) groups is 1. The largest absolute Gasteiger partial charge is 0.305 e. The molecule has 8 heteroatoms. The minimum absolute atomic E-state index is 0.175. The number of halogens is 1. The van der Waals surface area contributed by atoms with Crippen molar-refractivity contribution in [2.45, 2.75) is 32.9 Å². The standard InChI is InChI=1S/C17H19FN6O/c1-3-12(2)24-16(7-8-19-24)20-17(25)15-11-23(22-21-15)10-13-5-4-6-14(18)9-13/h4-9,11-12H,3,10H2,1-2H3,(H,20,25)/t12-/m0/s1. The monoisotopic (exact) mass is 342 g/mol. The fourth-order valence-electron chi connectivity index (χ4n) is 2.42. The average Bonchev–Trinajstić information content (AvgIpc) is 3.23. The highest BCUT2D eigenvalue weighted by atomic mass is 19.1. The maximum Gasteiger partial charge on any atom is 0.278 e. The number of anilines is 1. The van der Waals surface area contributed by atoms with E-state index < -0.39 is 0 Å². The van der Waals surface area contributed by atoms with Crippen LogP contribution in [0.15, 0.2) is 42.7 Å². The van der Waals surface area contributed by atoms with Gasteiger partial charge in [-0.2, -0.15) is 5.10 Å². The molecule has 0 bridgehead atoms. The molecule has 0 spiro atoms.